The Kier molecular flexibility index (Phi) is 2.11. The van der Waals surface area contributed by atoms with Crippen LogP contribution in [0.4, 0.5) is 10.1 Å². The number of nitro groups is 1. The second-order valence-corrected chi connectivity index (χ2v) is 2.16. The number of hydrogen-bond acceptors (Lipinski definition) is 4. The van der Waals surface area contributed by atoms with E-state index in [1.54, 1.807) is 0 Å². The molecule has 0 aliphatic carbocycles. The molecule has 0 radical (unpaired) electrons. The van der Waals surface area contributed by atoms with E-state index >= 15 is 0 Å². The molecular formula is C7H3FN2O3. The van der Waals surface area contributed by atoms with E-state index in [1.165, 1.54) is 6.07 Å². The van der Waals surface area contributed by atoms with Crippen molar-refractivity contribution in [2.45, 2.75) is 0 Å². The van der Waals surface area contributed by atoms with Crippen LogP contribution in [0.2, 0.25) is 0 Å². The monoisotopic (exact) mass is 182 g/mol. The Morgan fingerprint density at radius 3 is 2.69 bits per heavy atom. The van der Waals surface area contributed by atoms with Crippen LogP contribution in [0.1, 0.15) is 5.56 Å². The van der Waals surface area contributed by atoms with Gasteiger partial charge in [0.1, 0.15) is 11.6 Å². The summed E-state index contributed by atoms with van der Waals surface area (Å²) in [6, 6.07) is 3.23. The summed E-state index contributed by atoms with van der Waals surface area (Å²) < 4.78 is 12.7. The quantitative estimate of drug-likeness (QED) is 0.523. The van der Waals surface area contributed by atoms with Crippen molar-refractivity contribution in [1.82, 2.24) is 0 Å². The number of rotatable bonds is 1. The summed E-state index contributed by atoms with van der Waals surface area (Å²) in [5.41, 5.74) is -1.40. The Hall–Kier alpha value is -2.16. The van der Waals surface area contributed by atoms with E-state index in [0.717, 1.165) is 12.1 Å². The van der Waals surface area contributed by atoms with Gasteiger partial charge in [-0.15, -0.1) is 0 Å². The predicted octanol–water partition coefficient (Wildman–Crippen LogP) is 1.31. The number of nitriles is 1. The number of nitro benzene ring substituents is 1. The molecule has 0 bridgehead atoms. The van der Waals surface area contributed by atoms with Crippen molar-refractivity contribution >= 4 is 5.69 Å². The standard InChI is InChI=1S/C7H3FN2O3/c8-5-2-1-4(3-9)7(11)6(5)10(12)13/h1-2,11H. The van der Waals surface area contributed by atoms with Crippen molar-refractivity contribution in [1.29, 1.82) is 5.26 Å². The van der Waals surface area contributed by atoms with E-state index in [2.05, 4.69) is 0 Å². The van der Waals surface area contributed by atoms with Gasteiger partial charge in [0.15, 0.2) is 0 Å². The van der Waals surface area contributed by atoms with Gasteiger partial charge in [0.25, 0.3) is 0 Å². The number of halogens is 1. The van der Waals surface area contributed by atoms with Gasteiger partial charge in [0, 0.05) is 0 Å². The van der Waals surface area contributed by atoms with Crippen LogP contribution >= 0.6 is 0 Å². The third-order valence-corrected chi connectivity index (χ3v) is 1.40. The van der Waals surface area contributed by atoms with E-state index < -0.39 is 22.2 Å². The number of phenolic OH excluding ortho intramolecular Hbond substituents is 1. The second-order valence-electron chi connectivity index (χ2n) is 2.16. The van der Waals surface area contributed by atoms with Gasteiger partial charge in [-0.05, 0) is 12.1 Å². The first-order chi connectivity index (χ1) is 6.07. The van der Waals surface area contributed by atoms with Crippen molar-refractivity contribution in [3.63, 3.8) is 0 Å². The molecule has 0 aliphatic rings. The maximum atomic E-state index is 12.7. The molecule has 0 amide bonds. The van der Waals surface area contributed by atoms with Gasteiger partial charge in [-0.25, -0.2) is 0 Å². The SMILES string of the molecule is N#Cc1ccc(F)c([N+](=O)[O-])c1O. The molecule has 0 saturated carbocycles. The Labute approximate surface area is 71.8 Å². The lowest BCUT2D eigenvalue weighted by Gasteiger charge is -1.97. The Morgan fingerprint density at radius 2 is 2.23 bits per heavy atom. The number of aromatic hydroxyl groups is 1. The van der Waals surface area contributed by atoms with Crippen LogP contribution < -0.4 is 0 Å². The van der Waals surface area contributed by atoms with Gasteiger partial charge in [-0.1, -0.05) is 0 Å². The first-order valence-electron chi connectivity index (χ1n) is 3.14. The molecule has 0 aliphatic heterocycles. The molecule has 13 heavy (non-hydrogen) atoms. The molecule has 0 fully saturated rings. The number of hydrogen-bond donors (Lipinski definition) is 1. The van der Waals surface area contributed by atoms with Gasteiger partial charge < -0.3 is 5.11 Å². The summed E-state index contributed by atoms with van der Waals surface area (Å²) in [5.74, 6) is -2.10. The van der Waals surface area contributed by atoms with Crippen molar-refractivity contribution in [3.05, 3.63) is 33.6 Å². The van der Waals surface area contributed by atoms with Gasteiger partial charge in [-0.3, -0.25) is 10.1 Å². The van der Waals surface area contributed by atoms with E-state index in [-0.39, 0.29) is 5.56 Å². The zero-order valence-electron chi connectivity index (χ0n) is 6.19. The highest BCUT2D eigenvalue weighted by atomic mass is 19.1. The van der Waals surface area contributed by atoms with Crippen LogP contribution in [0.15, 0.2) is 12.1 Å². The molecule has 66 valence electrons. The van der Waals surface area contributed by atoms with Crippen LogP contribution in [0.25, 0.3) is 0 Å². The Bertz CT molecular complexity index is 411. The summed E-state index contributed by atoms with van der Waals surface area (Å²) in [5, 5.41) is 27.6. The number of benzene rings is 1. The maximum Gasteiger partial charge on any atom is 0.347 e. The second kappa shape index (κ2) is 3.06. The summed E-state index contributed by atoms with van der Waals surface area (Å²) >= 11 is 0. The molecule has 1 aromatic carbocycles. The van der Waals surface area contributed by atoms with E-state index in [9.17, 15) is 14.5 Å². The van der Waals surface area contributed by atoms with Gasteiger partial charge in [0.05, 0.1) is 4.92 Å². The number of nitrogens with zero attached hydrogens (tertiary/aromatic N) is 2. The fraction of sp³-hybridized carbons (Fsp3) is 0. The molecule has 1 N–H and O–H groups in total. The topological polar surface area (TPSA) is 87.2 Å². The van der Waals surface area contributed by atoms with Crippen molar-refractivity contribution in [3.8, 4) is 11.8 Å². The Morgan fingerprint density at radius 1 is 1.62 bits per heavy atom. The lowest BCUT2D eigenvalue weighted by Crippen LogP contribution is -1.94. The lowest BCUT2D eigenvalue weighted by atomic mass is 10.2. The lowest BCUT2D eigenvalue weighted by molar-refractivity contribution is -0.388. The largest absolute Gasteiger partial charge is 0.501 e. The van der Waals surface area contributed by atoms with Crippen molar-refractivity contribution in [2.75, 3.05) is 0 Å². The van der Waals surface area contributed by atoms with E-state index in [1.807, 2.05) is 0 Å². The van der Waals surface area contributed by atoms with E-state index in [4.69, 9.17) is 10.4 Å². The minimum Gasteiger partial charge on any atom is -0.501 e. The Balaban J connectivity index is 3.50. The molecule has 0 atom stereocenters. The van der Waals surface area contributed by atoms with E-state index in [0.29, 0.717) is 0 Å². The third kappa shape index (κ3) is 1.39. The van der Waals surface area contributed by atoms with Gasteiger partial charge in [-0.2, -0.15) is 9.65 Å². The van der Waals surface area contributed by atoms with Crippen LogP contribution in [0, 0.1) is 27.3 Å². The minimum absolute atomic E-state index is 0.326. The molecule has 5 nitrogen and oxygen atoms in total. The minimum atomic E-state index is -1.17. The maximum absolute atomic E-state index is 12.7. The molecule has 0 spiro atoms. The molecule has 0 heterocycles. The summed E-state index contributed by atoms with van der Waals surface area (Å²) in [6.07, 6.45) is 0. The van der Waals surface area contributed by atoms with Crippen LogP contribution in [0.5, 0.6) is 5.75 Å². The zero-order chi connectivity index (χ0) is 10.0. The average Bonchev–Trinajstić information content (AvgIpc) is 2.04. The smallest absolute Gasteiger partial charge is 0.347 e. The third-order valence-electron chi connectivity index (χ3n) is 1.40. The normalized spacial score (nSPS) is 9.23. The summed E-state index contributed by atoms with van der Waals surface area (Å²) in [4.78, 5) is 9.13. The summed E-state index contributed by atoms with van der Waals surface area (Å²) in [7, 11) is 0. The molecule has 1 aromatic rings. The first-order valence-corrected chi connectivity index (χ1v) is 3.14. The highest BCUT2D eigenvalue weighted by Crippen LogP contribution is 2.31. The summed E-state index contributed by atoms with van der Waals surface area (Å²) in [6.45, 7) is 0. The first kappa shape index (κ1) is 8.93. The molecule has 0 saturated heterocycles. The van der Waals surface area contributed by atoms with Crippen LogP contribution in [0.3, 0.4) is 0 Å². The fourth-order valence-corrected chi connectivity index (χ4v) is 0.819. The predicted molar refractivity (Wildman–Crippen MR) is 39.4 cm³/mol. The average molecular weight is 182 g/mol. The van der Waals surface area contributed by atoms with Gasteiger partial charge >= 0.3 is 5.69 Å². The molecule has 1 rings (SSSR count). The molecule has 0 unspecified atom stereocenters. The van der Waals surface area contributed by atoms with Crippen molar-refractivity contribution in [2.24, 2.45) is 0 Å². The molecular weight excluding hydrogens is 179 g/mol. The number of phenols is 1. The fourth-order valence-electron chi connectivity index (χ4n) is 0.819. The van der Waals surface area contributed by atoms with Crippen LogP contribution in [-0.2, 0) is 0 Å². The van der Waals surface area contributed by atoms with Crippen molar-refractivity contribution < 1.29 is 14.4 Å². The molecule has 6 heteroatoms. The highest BCUT2D eigenvalue weighted by Gasteiger charge is 2.22. The van der Waals surface area contributed by atoms with Gasteiger partial charge in [0.2, 0.25) is 11.6 Å². The highest BCUT2D eigenvalue weighted by molar-refractivity contribution is 5.56. The van der Waals surface area contributed by atoms with Crippen LogP contribution in [-0.4, -0.2) is 10.0 Å². The molecule has 0 aromatic heterocycles. The zero-order valence-corrected chi connectivity index (χ0v) is 6.19.